The Balaban J connectivity index is 2.25. The van der Waals surface area contributed by atoms with Crippen molar-refractivity contribution >= 4 is 0 Å². The second-order valence-corrected chi connectivity index (χ2v) is 4.07. The van der Waals surface area contributed by atoms with Crippen LogP contribution in [0.15, 0.2) is 6.07 Å². The number of hydrogen-bond acceptors (Lipinski definition) is 1. The third-order valence-electron chi connectivity index (χ3n) is 3.02. The second kappa shape index (κ2) is 3.54. The first kappa shape index (κ1) is 8.82. The summed E-state index contributed by atoms with van der Waals surface area (Å²) in [4.78, 5) is 3.50. The monoisotopic (exact) mass is 178 g/mol. The highest BCUT2D eigenvalue weighted by molar-refractivity contribution is 5.29. The summed E-state index contributed by atoms with van der Waals surface area (Å²) >= 11 is 0. The highest BCUT2D eigenvalue weighted by Crippen LogP contribution is 2.24. The molecule has 2 heteroatoms. The Morgan fingerprint density at radius 3 is 2.92 bits per heavy atom. The summed E-state index contributed by atoms with van der Waals surface area (Å²) in [6, 6.07) is 2.31. The predicted octanol–water partition coefficient (Wildman–Crippen LogP) is 1.96. The lowest BCUT2D eigenvalue weighted by Crippen LogP contribution is -2.09. The standard InChI is InChI=1S/C11H18N2/c1-8(7-12)11-6-9-4-2-3-5-10(9)13-11/h6,8,13H,2-5,7,12H2,1H3. The summed E-state index contributed by atoms with van der Waals surface area (Å²) in [5.41, 5.74) is 9.96. The fourth-order valence-corrected chi connectivity index (χ4v) is 2.02. The molecule has 0 amide bonds. The predicted molar refractivity (Wildman–Crippen MR) is 54.9 cm³/mol. The molecule has 2 rings (SSSR count). The summed E-state index contributed by atoms with van der Waals surface area (Å²) in [5.74, 6) is 0.477. The highest BCUT2D eigenvalue weighted by atomic mass is 14.8. The van der Waals surface area contributed by atoms with E-state index in [0.717, 1.165) is 6.54 Å². The summed E-state index contributed by atoms with van der Waals surface area (Å²) < 4.78 is 0. The van der Waals surface area contributed by atoms with Crippen molar-refractivity contribution in [3.63, 3.8) is 0 Å². The molecule has 0 aliphatic heterocycles. The highest BCUT2D eigenvalue weighted by Gasteiger charge is 2.14. The van der Waals surface area contributed by atoms with Crippen molar-refractivity contribution in [1.29, 1.82) is 0 Å². The van der Waals surface area contributed by atoms with Gasteiger partial charge in [0.05, 0.1) is 0 Å². The number of fused-ring (bicyclic) bond motifs is 1. The van der Waals surface area contributed by atoms with E-state index in [9.17, 15) is 0 Å². The molecule has 0 spiro atoms. The van der Waals surface area contributed by atoms with Crippen molar-refractivity contribution < 1.29 is 0 Å². The number of aromatic amines is 1. The van der Waals surface area contributed by atoms with Gasteiger partial charge in [0.2, 0.25) is 0 Å². The number of nitrogens with two attached hydrogens (primary N) is 1. The molecule has 0 bridgehead atoms. The molecular formula is C11H18N2. The minimum absolute atomic E-state index is 0.477. The van der Waals surface area contributed by atoms with E-state index >= 15 is 0 Å². The number of rotatable bonds is 2. The Morgan fingerprint density at radius 1 is 1.46 bits per heavy atom. The third kappa shape index (κ3) is 1.63. The van der Waals surface area contributed by atoms with E-state index in [-0.39, 0.29) is 0 Å². The van der Waals surface area contributed by atoms with Crippen LogP contribution in [0, 0.1) is 0 Å². The average Bonchev–Trinajstić information content (AvgIpc) is 2.59. The van der Waals surface area contributed by atoms with Crippen LogP contribution in [0.25, 0.3) is 0 Å². The maximum atomic E-state index is 5.64. The van der Waals surface area contributed by atoms with E-state index < -0.39 is 0 Å². The van der Waals surface area contributed by atoms with Gasteiger partial charge in [0.15, 0.2) is 0 Å². The lowest BCUT2D eigenvalue weighted by molar-refractivity contribution is 0.674. The van der Waals surface area contributed by atoms with Gasteiger partial charge < -0.3 is 10.7 Å². The molecule has 1 aromatic heterocycles. The maximum absolute atomic E-state index is 5.64. The summed E-state index contributed by atoms with van der Waals surface area (Å²) in [6.45, 7) is 2.91. The van der Waals surface area contributed by atoms with Crippen molar-refractivity contribution in [3.8, 4) is 0 Å². The van der Waals surface area contributed by atoms with Gasteiger partial charge in [0.1, 0.15) is 0 Å². The van der Waals surface area contributed by atoms with Gasteiger partial charge in [-0.15, -0.1) is 0 Å². The lowest BCUT2D eigenvalue weighted by atomic mass is 9.98. The van der Waals surface area contributed by atoms with Crippen LogP contribution in [-0.4, -0.2) is 11.5 Å². The minimum Gasteiger partial charge on any atom is -0.362 e. The molecule has 3 N–H and O–H groups in total. The smallest absolute Gasteiger partial charge is 0.0193 e. The van der Waals surface area contributed by atoms with Crippen LogP contribution in [0.3, 0.4) is 0 Å². The van der Waals surface area contributed by atoms with Crippen molar-refractivity contribution in [2.24, 2.45) is 5.73 Å². The fourth-order valence-electron chi connectivity index (χ4n) is 2.02. The molecule has 2 nitrogen and oxygen atoms in total. The van der Waals surface area contributed by atoms with Gasteiger partial charge in [-0.1, -0.05) is 6.92 Å². The molecule has 13 heavy (non-hydrogen) atoms. The van der Waals surface area contributed by atoms with Gasteiger partial charge in [-0.3, -0.25) is 0 Å². The zero-order valence-electron chi connectivity index (χ0n) is 8.27. The van der Waals surface area contributed by atoms with Crippen molar-refractivity contribution in [3.05, 3.63) is 23.0 Å². The SMILES string of the molecule is CC(CN)c1cc2c([nH]1)CCCC2. The minimum atomic E-state index is 0.477. The molecule has 1 unspecified atom stereocenters. The van der Waals surface area contributed by atoms with E-state index in [4.69, 9.17) is 5.73 Å². The van der Waals surface area contributed by atoms with Gasteiger partial charge in [0, 0.05) is 23.9 Å². The first-order valence-electron chi connectivity index (χ1n) is 5.22. The molecular weight excluding hydrogens is 160 g/mol. The van der Waals surface area contributed by atoms with E-state index in [2.05, 4.69) is 18.0 Å². The molecule has 0 aromatic carbocycles. The zero-order valence-corrected chi connectivity index (χ0v) is 8.27. The molecule has 72 valence electrons. The Hall–Kier alpha value is -0.760. The topological polar surface area (TPSA) is 41.8 Å². The molecule has 1 heterocycles. The summed E-state index contributed by atoms with van der Waals surface area (Å²) in [6.07, 6.45) is 5.17. The van der Waals surface area contributed by atoms with Crippen LogP contribution in [-0.2, 0) is 12.8 Å². The fraction of sp³-hybridized carbons (Fsp3) is 0.636. The normalized spacial score (nSPS) is 18.3. The van der Waals surface area contributed by atoms with Crippen molar-refractivity contribution in [2.45, 2.75) is 38.5 Å². The summed E-state index contributed by atoms with van der Waals surface area (Å²) in [5, 5.41) is 0. The molecule has 1 aliphatic carbocycles. The zero-order chi connectivity index (χ0) is 9.26. The van der Waals surface area contributed by atoms with E-state index in [1.165, 1.54) is 42.6 Å². The van der Waals surface area contributed by atoms with E-state index in [1.807, 2.05) is 0 Å². The van der Waals surface area contributed by atoms with E-state index in [0.29, 0.717) is 5.92 Å². The van der Waals surface area contributed by atoms with Crippen molar-refractivity contribution in [1.82, 2.24) is 4.98 Å². The van der Waals surface area contributed by atoms with Crippen LogP contribution in [0.4, 0.5) is 0 Å². The quantitative estimate of drug-likeness (QED) is 0.714. The van der Waals surface area contributed by atoms with Crippen LogP contribution in [0.2, 0.25) is 0 Å². The summed E-state index contributed by atoms with van der Waals surface area (Å²) in [7, 11) is 0. The Kier molecular flexibility index (Phi) is 2.40. The van der Waals surface area contributed by atoms with E-state index in [1.54, 1.807) is 0 Å². The molecule has 0 fully saturated rings. The maximum Gasteiger partial charge on any atom is 0.0193 e. The molecule has 0 saturated carbocycles. The molecule has 0 radical (unpaired) electrons. The molecule has 1 aliphatic rings. The van der Waals surface area contributed by atoms with Crippen LogP contribution < -0.4 is 5.73 Å². The number of aryl methyl sites for hydroxylation is 2. The molecule has 0 saturated heterocycles. The Morgan fingerprint density at radius 2 is 2.23 bits per heavy atom. The largest absolute Gasteiger partial charge is 0.362 e. The van der Waals surface area contributed by atoms with Crippen LogP contribution >= 0.6 is 0 Å². The van der Waals surface area contributed by atoms with Crippen LogP contribution in [0.1, 0.15) is 42.6 Å². The average molecular weight is 178 g/mol. The first-order valence-corrected chi connectivity index (χ1v) is 5.22. The second-order valence-electron chi connectivity index (χ2n) is 4.07. The first-order chi connectivity index (χ1) is 6.31. The molecule has 1 atom stereocenters. The lowest BCUT2D eigenvalue weighted by Gasteiger charge is -2.09. The van der Waals surface area contributed by atoms with Crippen LogP contribution in [0.5, 0.6) is 0 Å². The number of nitrogens with one attached hydrogen (secondary N) is 1. The van der Waals surface area contributed by atoms with Gasteiger partial charge >= 0.3 is 0 Å². The third-order valence-corrected chi connectivity index (χ3v) is 3.02. The number of hydrogen-bond donors (Lipinski definition) is 2. The number of H-pyrrole nitrogens is 1. The molecule has 1 aromatic rings. The Bertz CT molecular complexity index is 265. The van der Waals surface area contributed by atoms with Gasteiger partial charge in [0.25, 0.3) is 0 Å². The van der Waals surface area contributed by atoms with Gasteiger partial charge in [-0.2, -0.15) is 0 Å². The number of aromatic nitrogens is 1. The van der Waals surface area contributed by atoms with Crippen molar-refractivity contribution in [2.75, 3.05) is 6.54 Å². The van der Waals surface area contributed by atoms with Gasteiger partial charge in [-0.05, 0) is 37.3 Å². The Labute approximate surface area is 79.5 Å². The van der Waals surface area contributed by atoms with Gasteiger partial charge in [-0.25, -0.2) is 0 Å².